The zero-order valence-corrected chi connectivity index (χ0v) is 14.5. The fraction of sp³-hybridized carbons (Fsp3) is 0.312. The van der Waals surface area contributed by atoms with Gasteiger partial charge < -0.3 is 25.8 Å². The minimum absolute atomic E-state index is 0.134. The van der Waals surface area contributed by atoms with E-state index in [1.165, 1.54) is 17.1 Å². The summed E-state index contributed by atoms with van der Waals surface area (Å²) in [5.74, 6) is 0.298. The number of nitrogens with one attached hydrogen (secondary N) is 1. The molecule has 3 aromatic rings. The van der Waals surface area contributed by atoms with Crippen LogP contribution in [0.1, 0.15) is 11.8 Å². The molecule has 4 atom stereocenters. The molecule has 0 amide bonds. The molecule has 1 saturated heterocycles. The number of nitrogen functional groups attached to an aromatic ring is 1. The molecular formula is C16H18N8O4. The van der Waals surface area contributed by atoms with Crippen LogP contribution in [0.15, 0.2) is 36.0 Å². The monoisotopic (exact) mass is 386 g/mol. The van der Waals surface area contributed by atoms with E-state index in [1.807, 2.05) is 6.07 Å². The highest BCUT2D eigenvalue weighted by molar-refractivity contribution is 5.84. The van der Waals surface area contributed by atoms with Gasteiger partial charge in [0.2, 0.25) is 5.95 Å². The molecule has 0 aromatic carbocycles. The van der Waals surface area contributed by atoms with Gasteiger partial charge in [-0.1, -0.05) is 6.07 Å². The molecule has 3 aromatic heterocycles. The first-order chi connectivity index (χ1) is 13.6. The first kappa shape index (κ1) is 18.2. The van der Waals surface area contributed by atoms with Crippen LogP contribution in [0.4, 0.5) is 11.8 Å². The van der Waals surface area contributed by atoms with Crippen LogP contribution in [-0.4, -0.2) is 71.0 Å². The van der Waals surface area contributed by atoms with Crippen molar-refractivity contribution in [1.82, 2.24) is 24.5 Å². The van der Waals surface area contributed by atoms with Crippen LogP contribution in [-0.2, 0) is 4.74 Å². The van der Waals surface area contributed by atoms with Crippen molar-refractivity contribution >= 4 is 29.1 Å². The second-order valence-corrected chi connectivity index (χ2v) is 6.12. The smallest absolute Gasteiger partial charge is 0.228 e. The van der Waals surface area contributed by atoms with Gasteiger partial charge in [-0.15, -0.1) is 0 Å². The molecule has 0 saturated carbocycles. The number of hydrazone groups is 1. The van der Waals surface area contributed by atoms with E-state index in [2.05, 4.69) is 30.5 Å². The van der Waals surface area contributed by atoms with Crippen molar-refractivity contribution in [3.05, 3.63) is 36.4 Å². The van der Waals surface area contributed by atoms with Crippen LogP contribution < -0.4 is 11.2 Å². The van der Waals surface area contributed by atoms with Crippen LogP contribution in [0.5, 0.6) is 0 Å². The van der Waals surface area contributed by atoms with Gasteiger partial charge in [0.05, 0.1) is 12.8 Å². The molecule has 1 aliphatic rings. The molecule has 1 fully saturated rings. The molecule has 1 aliphatic heterocycles. The Morgan fingerprint density at radius 1 is 1.32 bits per heavy atom. The molecule has 4 rings (SSSR count). The van der Waals surface area contributed by atoms with Gasteiger partial charge in [0.1, 0.15) is 24.6 Å². The molecule has 0 spiro atoms. The van der Waals surface area contributed by atoms with Crippen molar-refractivity contribution in [2.45, 2.75) is 24.5 Å². The van der Waals surface area contributed by atoms with Gasteiger partial charge in [0.15, 0.2) is 23.2 Å². The molecule has 146 valence electrons. The molecule has 0 bridgehead atoms. The topological polar surface area (TPSA) is 177 Å². The Balaban J connectivity index is 1.73. The van der Waals surface area contributed by atoms with Crippen molar-refractivity contribution < 1.29 is 20.1 Å². The van der Waals surface area contributed by atoms with E-state index in [0.29, 0.717) is 0 Å². The van der Waals surface area contributed by atoms with E-state index in [4.69, 9.17) is 10.5 Å². The minimum atomic E-state index is -1.33. The zero-order valence-electron chi connectivity index (χ0n) is 14.5. The summed E-state index contributed by atoms with van der Waals surface area (Å²) in [5.41, 5.74) is 9.95. The Kier molecular flexibility index (Phi) is 4.83. The summed E-state index contributed by atoms with van der Waals surface area (Å²) in [7, 11) is 0. The highest BCUT2D eigenvalue weighted by Crippen LogP contribution is 2.35. The average molecular weight is 386 g/mol. The summed E-state index contributed by atoms with van der Waals surface area (Å²) >= 11 is 0. The van der Waals surface area contributed by atoms with Gasteiger partial charge in [0, 0.05) is 18.0 Å². The number of hydrogen-bond donors (Lipinski definition) is 5. The molecule has 4 heterocycles. The molecule has 0 aliphatic carbocycles. The van der Waals surface area contributed by atoms with Crippen LogP contribution >= 0.6 is 0 Å². The summed E-state index contributed by atoms with van der Waals surface area (Å²) in [6.45, 7) is -0.458. The van der Waals surface area contributed by atoms with Crippen molar-refractivity contribution in [3.63, 3.8) is 0 Å². The number of nitrogens with zero attached hydrogens (tertiary/aromatic N) is 6. The number of aliphatic hydroxyl groups excluding tert-OH is 3. The molecule has 0 unspecified atom stereocenters. The number of rotatable bonds is 5. The van der Waals surface area contributed by atoms with Gasteiger partial charge in [0.25, 0.3) is 0 Å². The Morgan fingerprint density at radius 3 is 2.89 bits per heavy atom. The van der Waals surface area contributed by atoms with Gasteiger partial charge >= 0.3 is 0 Å². The summed E-state index contributed by atoms with van der Waals surface area (Å²) < 4.78 is 7.02. The number of anilines is 2. The van der Waals surface area contributed by atoms with Crippen LogP contribution in [0, 0.1) is 0 Å². The summed E-state index contributed by atoms with van der Waals surface area (Å²) in [6, 6.07) is 3.59. The number of aliphatic hydroxyl groups is 3. The third-order valence-electron chi connectivity index (χ3n) is 4.34. The van der Waals surface area contributed by atoms with E-state index < -0.39 is 31.1 Å². The SMILES string of the molecule is Nc1ncnc2c1nc(NN=Cc1cccnc1)n2[C@H]1O[C@@H](CO)[C@@H](O)[C@@H]1O. The molecule has 12 heteroatoms. The fourth-order valence-corrected chi connectivity index (χ4v) is 2.96. The molecule has 12 nitrogen and oxygen atoms in total. The summed E-state index contributed by atoms with van der Waals surface area (Å²) in [5, 5.41) is 34.0. The quantitative estimate of drug-likeness (QED) is 0.266. The largest absolute Gasteiger partial charge is 0.394 e. The second-order valence-electron chi connectivity index (χ2n) is 6.12. The standard InChI is InChI=1S/C16H18N8O4/c17-13-10-14(20-7-19-13)24(15-12(27)11(26)9(6-25)28-15)16(22-10)23-21-5-8-2-1-3-18-4-8/h1-5,7,9,11-12,15,25-27H,6H2,(H,22,23)(H2,17,19,20)/t9-,11+,12-,15-/m0/s1. The maximum atomic E-state index is 10.4. The van der Waals surface area contributed by atoms with E-state index in [9.17, 15) is 15.3 Å². The number of hydrogen-bond acceptors (Lipinski definition) is 11. The molecular weight excluding hydrogens is 368 g/mol. The van der Waals surface area contributed by atoms with E-state index in [-0.39, 0.29) is 22.9 Å². The Labute approximate surface area is 158 Å². The lowest BCUT2D eigenvalue weighted by molar-refractivity contribution is -0.0501. The Morgan fingerprint density at radius 2 is 2.18 bits per heavy atom. The number of aromatic nitrogens is 5. The predicted octanol–water partition coefficient (Wildman–Crippen LogP) is -1.14. The highest BCUT2D eigenvalue weighted by atomic mass is 16.6. The van der Waals surface area contributed by atoms with Crippen LogP contribution in [0.25, 0.3) is 11.2 Å². The average Bonchev–Trinajstić information content (AvgIpc) is 3.21. The Hall–Kier alpha value is -3.19. The van der Waals surface area contributed by atoms with Crippen LogP contribution in [0.2, 0.25) is 0 Å². The number of fused-ring (bicyclic) bond motifs is 1. The van der Waals surface area contributed by atoms with Gasteiger partial charge in [-0.25, -0.2) is 20.4 Å². The van der Waals surface area contributed by atoms with E-state index >= 15 is 0 Å². The van der Waals surface area contributed by atoms with E-state index in [0.717, 1.165) is 5.56 Å². The molecule has 6 N–H and O–H groups in total. The number of nitrogens with two attached hydrogens (primary N) is 1. The number of imidazole rings is 1. The predicted molar refractivity (Wildman–Crippen MR) is 98.2 cm³/mol. The number of ether oxygens (including phenoxy) is 1. The second kappa shape index (κ2) is 7.44. The lowest BCUT2D eigenvalue weighted by atomic mass is 10.1. The fourth-order valence-electron chi connectivity index (χ4n) is 2.96. The maximum Gasteiger partial charge on any atom is 0.228 e. The minimum Gasteiger partial charge on any atom is -0.394 e. The van der Waals surface area contributed by atoms with E-state index in [1.54, 1.807) is 18.5 Å². The van der Waals surface area contributed by atoms with Crippen LogP contribution in [0.3, 0.4) is 0 Å². The van der Waals surface area contributed by atoms with Crippen molar-refractivity contribution in [1.29, 1.82) is 0 Å². The number of pyridine rings is 1. The molecule has 0 radical (unpaired) electrons. The maximum absolute atomic E-state index is 10.4. The lowest BCUT2D eigenvalue weighted by Gasteiger charge is -2.18. The summed E-state index contributed by atoms with van der Waals surface area (Å²) in [4.78, 5) is 16.4. The zero-order chi connectivity index (χ0) is 19.7. The third kappa shape index (κ3) is 3.14. The first-order valence-corrected chi connectivity index (χ1v) is 8.40. The van der Waals surface area contributed by atoms with Gasteiger partial charge in [-0.05, 0) is 6.07 Å². The summed E-state index contributed by atoms with van der Waals surface area (Å²) in [6.07, 6.45) is 1.43. The van der Waals surface area contributed by atoms with Crippen molar-refractivity contribution in [2.75, 3.05) is 17.8 Å². The van der Waals surface area contributed by atoms with Gasteiger partial charge in [-0.2, -0.15) is 5.10 Å². The van der Waals surface area contributed by atoms with Crippen molar-refractivity contribution in [2.24, 2.45) is 5.10 Å². The lowest BCUT2D eigenvalue weighted by Crippen LogP contribution is -2.33. The Bertz CT molecular complexity index is 995. The molecule has 28 heavy (non-hydrogen) atoms. The van der Waals surface area contributed by atoms with Crippen molar-refractivity contribution in [3.8, 4) is 0 Å². The highest BCUT2D eigenvalue weighted by Gasteiger charge is 2.45. The third-order valence-corrected chi connectivity index (χ3v) is 4.34. The normalized spacial score (nSPS) is 25.0. The van der Waals surface area contributed by atoms with Gasteiger partial charge in [-0.3, -0.25) is 9.55 Å². The first-order valence-electron chi connectivity index (χ1n) is 8.40.